The number of hydrogen-bond acceptors (Lipinski definition) is 3. The number of rotatable bonds is 6. The van der Waals surface area contributed by atoms with Gasteiger partial charge in [0.05, 0.1) is 11.3 Å². The van der Waals surface area contributed by atoms with Gasteiger partial charge in [-0.3, -0.25) is 0 Å². The van der Waals surface area contributed by atoms with Crippen LogP contribution in [-0.4, -0.2) is 36.9 Å². The molecule has 0 spiro atoms. The van der Waals surface area contributed by atoms with Gasteiger partial charge in [-0.25, -0.2) is 17.5 Å². The summed E-state index contributed by atoms with van der Waals surface area (Å²) in [5.41, 5.74) is 0.733. The summed E-state index contributed by atoms with van der Waals surface area (Å²) in [5.74, 6) is -1.14. The Bertz CT molecular complexity index is 536. The van der Waals surface area contributed by atoms with Gasteiger partial charge in [0.1, 0.15) is 0 Å². The van der Waals surface area contributed by atoms with Gasteiger partial charge in [0.25, 0.3) is 0 Å². The van der Waals surface area contributed by atoms with E-state index in [1.807, 2.05) is 13.8 Å². The van der Waals surface area contributed by atoms with Crippen molar-refractivity contribution in [1.29, 1.82) is 0 Å². The van der Waals surface area contributed by atoms with E-state index in [-0.39, 0.29) is 17.4 Å². The van der Waals surface area contributed by atoms with Crippen molar-refractivity contribution in [2.45, 2.75) is 32.1 Å². The highest BCUT2D eigenvalue weighted by molar-refractivity contribution is 7.88. The zero-order valence-corrected chi connectivity index (χ0v) is 12.1. The maximum Gasteiger partial charge on any atom is 0.335 e. The van der Waals surface area contributed by atoms with Crippen LogP contribution in [0.2, 0.25) is 0 Å². The van der Waals surface area contributed by atoms with Crippen LogP contribution in [0.1, 0.15) is 36.2 Å². The number of carboxylic acids is 1. The maximum atomic E-state index is 12.1. The zero-order chi connectivity index (χ0) is 14.6. The molecule has 0 aliphatic heterocycles. The molecule has 0 radical (unpaired) electrons. The molecule has 1 aromatic rings. The normalized spacial score (nSPS) is 13.5. The molecule has 0 saturated heterocycles. The summed E-state index contributed by atoms with van der Waals surface area (Å²) in [6.07, 6.45) is 0.744. The Kier molecular flexibility index (Phi) is 5.08. The lowest BCUT2D eigenvalue weighted by molar-refractivity contribution is 0.0697. The van der Waals surface area contributed by atoms with E-state index in [4.69, 9.17) is 5.11 Å². The Morgan fingerprint density at radius 2 is 1.84 bits per heavy atom. The minimum Gasteiger partial charge on any atom is -0.478 e. The van der Waals surface area contributed by atoms with Gasteiger partial charge >= 0.3 is 5.97 Å². The second-order valence-corrected chi connectivity index (χ2v) is 6.56. The van der Waals surface area contributed by atoms with E-state index in [1.54, 1.807) is 7.05 Å². The van der Waals surface area contributed by atoms with Gasteiger partial charge in [-0.05, 0) is 31.0 Å². The molecule has 0 saturated carbocycles. The van der Waals surface area contributed by atoms with Crippen molar-refractivity contribution in [2.24, 2.45) is 0 Å². The quantitative estimate of drug-likeness (QED) is 0.866. The van der Waals surface area contributed by atoms with Gasteiger partial charge in [-0.2, -0.15) is 0 Å². The fourth-order valence-electron chi connectivity index (χ4n) is 1.59. The van der Waals surface area contributed by atoms with Crippen LogP contribution < -0.4 is 0 Å². The van der Waals surface area contributed by atoms with Crippen LogP contribution in [0.5, 0.6) is 0 Å². The van der Waals surface area contributed by atoms with E-state index in [9.17, 15) is 13.2 Å². The fourth-order valence-corrected chi connectivity index (χ4v) is 3.10. The first-order valence-corrected chi connectivity index (χ1v) is 7.66. The van der Waals surface area contributed by atoms with Crippen molar-refractivity contribution in [2.75, 3.05) is 7.05 Å². The summed E-state index contributed by atoms with van der Waals surface area (Å²) in [4.78, 5) is 10.7. The summed E-state index contributed by atoms with van der Waals surface area (Å²) < 4.78 is 25.6. The van der Waals surface area contributed by atoms with E-state index in [1.165, 1.54) is 28.6 Å². The average molecular weight is 285 g/mol. The zero-order valence-electron chi connectivity index (χ0n) is 11.3. The Balaban J connectivity index is 2.86. The molecule has 5 nitrogen and oxygen atoms in total. The summed E-state index contributed by atoms with van der Waals surface area (Å²) in [5, 5.41) is 8.77. The highest BCUT2D eigenvalue weighted by Gasteiger charge is 2.22. The lowest BCUT2D eigenvalue weighted by Gasteiger charge is -2.23. The third-order valence-electron chi connectivity index (χ3n) is 3.20. The highest BCUT2D eigenvalue weighted by atomic mass is 32.2. The predicted octanol–water partition coefficient (Wildman–Crippen LogP) is 1.94. The van der Waals surface area contributed by atoms with Crippen molar-refractivity contribution in [3.05, 3.63) is 35.4 Å². The van der Waals surface area contributed by atoms with Crippen molar-refractivity contribution in [3.63, 3.8) is 0 Å². The van der Waals surface area contributed by atoms with Crippen molar-refractivity contribution in [1.82, 2.24) is 4.31 Å². The molecule has 1 atom stereocenters. The summed E-state index contributed by atoms with van der Waals surface area (Å²) >= 11 is 0. The van der Waals surface area contributed by atoms with Crippen LogP contribution in [0.15, 0.2) is 24.3 Å². The van der Waals surface area contributed by atoms with E-state index >= 15 is 0 Å². The van der Waals surface area contributed by atoms with Crippen LogP contribution in [0.25, 0.3) is 0 Å². The molecule has 19 heavy (non-hydrogen) atoms. The van der Waals surface area contributed by atoms with Crippen molar-refractivity contribution in [3.8, 4) is 0 Å². The van der Waals surface area contributed by atoms with Crippen LogP contribution in [0, 0.1) is 0 Å². The Hall–Kier alpha value is -1.40. The molecule has 0 fully saturated rings. The molecule has 0 heterocycles. The minimum absolute atomic E-state index is 0.0525. The number of carboxylic acid groups (broad SMARTS) is 1. The Labute approximate surface area is 113 Å². The molecule has 1 aromatic carbocycles. The molecular weight excluding hydrogens is 266 g/mol. The molecule has 106 valence electrons. The molecule has 0 aliphatic carbocycles. The number of sulfonamides is 1. The lowest BCUT2D eigenvalue weighted by Crippen LogP contribution is -2.35. The molecule has 0 aliphatic rings. The number of nitrogens with zero attached hydrogens (tertiary/aromatic N) is 1. The van der Waals surface area contributed by atoms with Gasteiger partial charge in [-0.15, -0.1) is 0 Å². The summed E-state index contributed by atoms with van der Waals surface area (Å²) in [6.45, 7) is 3.78. The monoisotopic (exact) mass is 285 g/mol. The largest absolute Gasteiger partial charge is 0.478 e. The Morgan fingerprint density at radius 1 is 1.32 bits per heavy atom. The topological polar surface area (TPSA) is 74.7 Å². The van der Waals surface area contributed by atoms with Crippen molar-refractivity contribution >= 4 is 16.0 Å². The smallest absolute Gasteiger partial charge is 0.335 e. The number of hydrogen-bond donors (Lipinski definition) is 1. The van der Waals surface area contributed by atoms with Crippen LogP contribution in [0.3, 0.4) is 0 Å². The number of benzene rings is 1. The SMILES string of the molecule is CCC(C)N(C)S(=O)(=O)Cc1ccc(C(=O)O)cc1. The predicted molar refractivity (Wildman–Crippen MR) is 73.5 cm³/mol. The molecule has 1 N–H and O–H groups in total. The standard InChI is InChI=1S/C13H19NO4S/c1-4-10(2)14(3)19(17,18)9-11-5-7-12(8-6-11)13(15)16/h5-8,10H,4,9H2,1-3H3,(H,15,16). The Morgan fingerprint density at radius 3 is 2.26 bits per heavy atom. The maximum absolute atomic E-state index is 12.1. The molecule has 6 heteroatoms. The van der Waals surface area contributed by atoms with E-state index in [0.717, 1.165) is 6.42 Å². The molecular formula is C13H19NO4S. The van der Waals surface area contributed by atoms with Gasteiger partial charge in [-0.1, -0.05) is 19.1 Å². The first kappa shape index (κ1) is 15.7. The van der Waals surface area contributed by atoms with Crippen LogP contribution in [-0.2, 0) is 15.8 Å². The van der Waals surface area contributed by atoms with E-state index in [2.05, 4.69) is 0 Å². The van der Waals surface area contributed by atoms with E-state index in [0.29, 0.717) is 5.56 Å². The molecule has 1 unspecified atom stereocenters. The second kappa shape index (κ2) is 6.16. The average Bonchev–Trinajstić information content (AvgIpc) is 2.37. The summed E-state index contributed by atoms with van der Waals surface area (Å²) in [6, 6.07) is 5.84. The fraction of sp³-hybridized carbons (Fsp3) is 0.462. The van der Waals surface area contributed by atoms with Crippen molar-refractivity contribution < 1.29 is 18.3 Å². The van der Waals surface area contributed by atoms with Crippen LogP contribution >= 0.6 is 0 Å². The van der Waals surface area contributed by atoms with Gasteiger partial charge in [0, 0.05) is 13.1 Å². The molecule has 0 aromatic heterocycles. The minimum atomic E-state index is -3.37. The first-order valence-electron chi connectivity index (χ1n) is 6.06. The summed E-state index contributed by atoms with van der Waals surface area (Å²) in [7, 11) is -1.81. The first-order chi connectivity index (χ1) is 8.77. The molecule has 0 amide bonds. The van der Waals surface area contributed by atoms with Gasteiger partial charge in [0.15, 0.2) is 0 Å². The second-order valence-electron chi connectivity index (χ2n) is 4.53. The number of carbonyl (C=O) groups is 1. The van der Waals surface area contributed by atoms with Gasteiger partial charge < -0.3 is 5.11 Å². The third-order valence-corrected chi connectivity index (χ3v) is 5.14. The number of aromatic carboxylic acids is 1. The molecule has 0 bridgehead atoms. The van der Waals surface area contributed by atoms with Gasteiger partial charge in [0.2, 0.25) is 10.0 Å². The highest BCUT2D eigenvalue weighted by Crippen LogP contribution is 2.14. The lowest BCUT2D eigenvalue weighted by atomic mass is 10.1. The van der Waals surface area contributed by atoms with E-state index < -0.39 is 16.0 Å². The third kappa shape index (κ3) is 4.04. The van der Waals surface area contributed by atoms with Crippen LogP contribution in [0.4, 0.5) is 0 Å². The molecule has 1 rings (SSSR count).